The number of sulfonamides is 1. The molecule has 0 bridgehead atoms. The van der Waals surface area contributed by atoms with Crippen LogP contribution in [0.2, 0.25) is 0 Å². The topological polar surface area (TPSA) is 119 Å². The Morgan fingerprint density at radius 2 is 1.80 bits per heavy atom. The first-order chi connectivity index (χ1) is 14.2. The Bertz CT molecular complexity index is 1010. The normalized spacial score (nSPS) is 11.3. The van der Waals surface area contributed by atoms with Gasteiger partial charge in [0.15, 0.2) is 12.4 Å². The Balaban J connectivity index is 2.09. The second kappa shape index (κ2) is 10.1. The molecule has 0 saturated carbocycles. The molecule has 0 unspecified atom stereocenters. The Hall–Kier alpha value is -3.05. The van der Waals surface area contributed by atoms with E-state index in [1.807, 2.05) is 0 Å². The number of hydrogen-bond donors (Lipinski definition) is 1. The first kappa shape index (κ1) is 23.2. The predicted molar refractivity (Wildman–Crippen MR) is 107 cm³/mol. The standard InChI is InChI=1S/C19H22FN3O6S/c1-3-22(4-2)30(27,28)16-9-10-18(17(11-16)23(25)26)29-13-19(24)21-12-14-5-7-15(20)8-6-14/h5-11H,3-4,12-13H2,1-2H3,(H,21,24). The number of ether oxygens (including phenoxy) is 1. The number of carbonyl (C=O) groups excluding carboxylic acids is 1. The van der Waals surface area contributed by atoms with Crippen LogP contribution in [0.25, 0.3) is 0 Å². The van der Waals surface area contributed by atoms with Crippen molar-refractivity contribution >= 4 is 21.6 Å². The quantitative estimate of drug-likeness (QED) is 0.449. The molecular formula is C19H22FN3O6S. The van der Waals surface area contributed by atoms with Crippen molar-refractivity contribution in [3.05, 3.63) is 64.0 Å². The molecule has 0 aliphatic rings. The summed E-state index contributed by atoms with van der Waals surface area (Å²) in [7, 11) is -3.88. The highest BCUT2D eigenvalue weighted by Gasteiger charge is 2.26. The van der Waals surface area contributed by atoms with Gasteiger partial charge < -0.3 is 10.1 Å². The summed E-state index contributed by atoms with van der Waals surface area (Å²) in [5, 5.41) is 13.9. The van der Waals surface area contributed by atoms with Gasteiger partial charge in [-0.2, -0.15) is 4.31 Å². The van der Waals surface area contributed by atoms with Crippen molar-refractivity contribution in [1.82, 2.24) is 9.62 Å². The van der Waals surface area contributed by atoms with Crippen LogP contribution in [0.15, 0.2) is 47.4 Å². The van der Waals surface area contributed by atoms with Gasteiger partial charge in [0.2, 0.25) is 10.0 Å². The Kier molecular flexibility index (Phi) is 7.84. The van der Waals surface area contributed by atoms with Crippen molar-refractivity contribution < 1.29 is 27.3 Å². The van der Waals surface area contributed by atoms with Crippen LogP contribution in [0.4, 0.5) is 10.1 Å². The lowest BCUT2D eigenvalue weighted by molar-refractivity contribution is -0.386. The van der Waals surface area contributed by atoms with Gasteiger partial charge in [0.1, 0.15) is 5.82 Å². The van der Waals surface area contributed by atoms with Crippen LogP contribution in [0, 0.1) is 15.9 Å². The summed E-state index contributed by atoms with van der Waals surface area (Å²) < 4.78 is 44.4. The van der Waals surface area contributed by atoms with Gasteiger partial charge in [0.05, 0.1) is 9.82 Å². The highest BCUT2D eigenvalue weighted by Crippen LogP contribution is 2.30. The second-order valence-electron chi connectivity index (χ2n) is 6.17. The fourth-order valence-electron chi connectivity index (χ4n) is 2.63. The number of amides is 1. The van der Waals surface area contributed by atoms with Crippen molar-refractivity contribution in [2.24, 2.45) is 0 Å². The smallest absolute Gasteiger partial charge is 0.312 e. The number of carbonyl (C=O) groups is 1. The minimum Gasteiger partial charge on any atom is -0.477 e. The molecule has 11 heteroatoms. The summed E-state index contributed by atoms with van der Waals surface area (Å²) in [6.07, 6.45) is 0. The fraction of sp³-hybridized carbons (Fsp3) is 0.316. The number of nitrogens with one attached hydrogen (secondary N) is 1. The molecule has 162 valence electrons. The number of nitro groups is 1. The van der Waals surface area contributed by atoms with Crippen LogP contribution < -0.4 is 10.1 Å². The first-order valence-electron chi connectivity index (χ1n) is 9.11. The minimum absolute atomic E-state index is 0.131. The van der Waals surface area contributed by atoms with E-state index in [1.54, 1.807) is 13.8 Å². The Morgan fingerprint density at radius 1 is 1.17 bits per heavy atom. The zero-order chi connectivity index (χ0) is 22.3. The van der Waals surface area contributed by atoms with Crippen LogP contribution in [0.1, 0.15) is 19.4 Å². The highest BCUT2D eigenvalue weighted by molar-refractivity contribution is 7.89. The zero-order valence-electron chi connectivity index (χ0n) is 16.5. The van der Waals surface area contributed by atoms with E-state index >= 15 is 0 Å². The third-order valence-electron chi connectivity index (χ3n) is 4.23. The lowest BCUT2D eigenvalue weighted by Gasteiger charge is -2.18. The monoisotopic (exact) mass is 439 g/mol. The SMILES string of the molecule is CCN(CC)S(=O)(=O)c1ccc(OCC(=O)NCc2ccc(F)cc2)c([N+](=O)[O-])c1. The Morgan fingerprint density at radius 3 is 2.37 bits per heavy atom. The molecule has 0 aromatic heterocycles. The average Bonchev–Trinajstić information content (AvgIpc) is 2.72. The van der Waals surface area contributed by atoms with Crippen LogP contribution in [0.3, 0.4) is 0 Å². The van der Waals surface area contributed by atoms with Gasteiger partial charge in [-0.15, -0.1) is 0 Å². The molecule has 0 saturated heterocycles. The van der Waals surface area contributed by atoms with E-state index in [-0.39, 0.29) is 30.3 Å². The van der Waals surface area contributed by atoms with E-state index in [1.165, 1.54) is 34.6 Å². The second-order valence-corrected chi connectivity index (χ2v) is 8.11. The number of rotatable bonds is 10. The molecule has 0 fully saturated rings. The summed E-state index contributed by atoms with van der Waals surface area (Å²) in [4.78, 5) is 22.3. The molecule has 0 heterocycles. The molecule has 0 atom stereocenters. The molecule has 0 radical (unpaired) electrons. The summed E-state index contributed by atoms with van der Waals surface area (Å²) in [6.45, 7) is 3.39. The van der Waals surface area contributed by atoms with Crippen molar-refractivity contribution in [2.45, 2.75) is 25.3 Å². The van der Waals surface area contributed by atoms with Gasteiger partial charge in [-0.3, -0.25) is 14.9 Å². The van der Waals surface area contributed by atoms with Crippen LogP contribution in [-0.2, 0) is 21.4 Å². The predicted octanol–water partition coefficient (Wildman–Crippen LogP) is 2.46. The van der Waals surface area contributed by atoms with Crippen molar-refractivity contribution in [3.8, 4) is 5.75 Å². The van der Waals surface area contributed by atoms with Crippen LogP contribution >= 0.6 is 0 Å². The molecule has 9 nitrogen and oxygen atoms in total. The Labute approximate surface area is 173 Å². The van der Waals surface area contributed by atoms with E-state index in [0.717, 1.165) is 12.1 Å². The number of halogens is 1. The lowest BCUT2D eigenvalue weighted by atomic mass is 10.2. The molecule has 0 aliphatic carbocycles. The average molecular weight is 439 g/mol. The van der Waals surface area contributed by atoms with Crippen molar-refractivity contribution in [2.75, 3.05) is 19.7 Å². The molecule has 1 N–H and O–H groups in total. The largest absolute Gasteiger partial charge is 0.477 e. The van der Waals surface area contributed by atoms with Crippen LogP contribution in [-0.4, -0.2) is 43.2 Å². The molecule has 1 amide bonds. The summed E-state index contributed by atoms with van der Waals surface area (Å²) in [5.74, 6) is -1.17. The highest BCUT2D eigenvalue weighted by atomic mass is 32.2. The molecule has 0 spiro atoms. The summed E-state index contributed by atoms with van der Waals surface area (Å²) in [5.41, 5.74) is 0.108. The summed E-state index contributed by atoms with van der Waals surface area (Å²) >= 11 is 0. The zero-order valence-corrected chi connectivity index (χ0v) is 17.3. The maximum atomic E-state index is 12.9. The minimum atomic E-state index is -3.88. The third-order valence-corrected chi connectivity index (χ3v) is 6.28. The molecule has 2 aromatic rings. The fourth-order valence-corrected chi connectivity index (χ4v) is 4.11. The number of nitrogens with zero attached hydrogens (tertiary/aromatic N) is 2. The van der Waals surface area contributed by atoms with E-state index in [2.05, 4.69) is 5.32 Å². The van der Waals surface area contributed by atoms with E-state index in [4.69, 9.17) is 4.74 Å². The van der Waals surface area contributed by atoms with Gasteiger partial charge in [-0.25, -0.2) is 12.8 Å². The van der Waals surface area contributed by atoms with Gasteiger partial charge in [-0.1, -0.05) is 26.0 Å². The van der Waals surface area contributed by atoms with Crippen LogP contribution in [0.5, 0.6) is 5.75 Å². The van der Waals surface area contributed by atoms with Gasteiger partial charge in [0, 0.05) is 25.7 Å². The van der Waals surface area contributed by atoms with Gasteiger partial charge >= 0.3 is 5.69 Å². The maximum absolute atomic E-state index is 12.9. The lowest BCUT2D eigenvalue weighted by Crippen LogP contribution is -2.30. The third kappa shape index (κ3) is 5.74. The number of benzene rings is 2. The van der Waals surface area contributed by atoms with Crippen molar-refractivity contribution in [3.63, 3.8) is 0 Å². The van der Waals surface area contributed by atoms with Crippen molar-refractivity contribution in [1.29, 1.82) is 0 Å². The van der Waals surface area contributed by atoms with Gasteiger partial charge in [0.25, 0.3) is 5.91 Å². The summed E-state index contributed by atoms with van der Waals surface area (Å²) in [6, 6.07) is 8.81. The van der Waals surface area contributed by atoms with Gasteiger partial charge in [-0.05, 0) is 29.8 Å². The van der Waals surface area contributed by atoms with E-state index in [0.29, 0.717) is 5.56 Å². The first-order valence-corrected chi connectivity index (χ1v) is 10.6. The maximum Gasteiger partial charge on any atom is 0.312 e. The molecule has 2 rings (SSSR count). The molecule has 30 heavy (non-hydrogen) atoms. The molecule has 0 aliphatic heterocycles. The molecular weight excluding hydrogens is 417 g/mol. The van der Waals surface area contributed by atoms with E-state index in [9.17, 15) is 27.7 Å². The number of nitro benzene ring substituents is 1. The molecule has 2 aromatic carbocycles. The number of hydrogen-bond acceptors (Lipinski definition) is 6. The van der Waals surface area contributed by atoms with E-state index < -0.39 is 39.0 Å².